The second kappa shape index (κ2) is 15.5. The van der Waals surface area contributed by atoms with Crippen LogP contribution in [0.25, 0.3) is 22.3 Å². The van der Waals surface area contributed by atoms with Crippen LogP contribution in [0.3, 0.4) is 0 Å². The Morgan fingerprint density at radius 3 is 1.92 bits per heavy atom. The van der Waals surface area contributed by atoms with Crippen molar-refractivity contribution in [2.45, 2.75) is 30.5 Å². The molecule has 0 saturated carbocycles. The van der Waals surface area contributed by atoms with Crippen LogP contribution in [0.5, 0.6) is 0 Å². The van der Waals surface area contributed by atoms with E-state index in [9.17, 15) is 31.2 Å². The Hall–Kier alpha value is -4.98. The van der Waals surface area contributed by atoms with E-state index in [0.717, 1.165) is 28.8 Å². The van der Waals surface area contributed by atoms with Crippen molar-refractivity contribution >= 4 is 33.5 Å². The van der Waals surface area contributed by atoms with Crippen molar-refractivity contribution in [1.82, 2.24) is 19.4 Å². The van der Waals surface area contributed by atoms with Crippen LogP contribution in [0, 0.1) is 6.92 Å². The number of benzene rings is 4. The van der Waals surface area contributed by atoms with Gasteiger partial charge in [-0.3, -0.25) is 9.48 Å². The molecule has 5 rings (SSSR count). The first-order valence-electron chi connectivity index (χ1n) is 15.7. The van der Waals surface area contributed by atoms with Gasteiger partial charge in [-0.1, -0.05) is 90.5 Å². The first-order chi connectivity index (χ1) is 24.2. The van der Waals surface area contributed by atoms with E-state index in [1.165, 1.54) is 54.9 Å². The van der Waals surface area contributed by atoms with Crippen molar-refractivity contribution < 1.29 is 35.9 Å². The molecule has 1 heterocycles. The first kappa shape index (κ1) is 37.3. The van der Waals surface area contributed by atoms with E-state index in [0.29, 0.717) is 11.1 Å². The Kier molecular flexibility index (Phi) is 11.3. The van der Waals surface area contributed by atoms with Crippen LogP contribution in [0.15, 0.2) is 108 Å². The summed E-state index contributed by atoms with van der Waals surface area (Å²) in [5.74, 6) is -1.31. The number of ether oxygens (including phenoxy) is 1. The molecule has 51 heavy (non-hydrogen) atoms. The van der Waals surface area contributed by atoms with E-state index in [2.05, 4.69) is 9.82 Å². The number of esters is 1. The lowest BCUT2D eigenvalue weighted by atomic mass is 9.99. The van der Waals surface area contributed by atoms with Gasteiger partial charge in [-0.25, -0.2) is 17.9 Å². The number of aromatic nitrogens is 2. The van der Waals surface area contributed by atoms with Gasteiger partial charge in [-0.2, -0.15) is 18.3 Å². The SMILES string of the molecule is COC(=O)[C@H](Cc1ccc(-c2ccccc2)cc1)N(CCNS(=O)(=O)c1c(C)nn(C)c1Cl)C(=O)c1ccc(-c2ccc(C(F)(F)F)cc2)cc1. The average Bonchev–Trinajstić information content (AvgIpc) is 3.39. The van der Waals surface area contributed by atoms with Crippen molar-refractivity contribution in [2.24, 2.45) is 7.05 Å². The molecule has 0 radical (unpaired) electrons. The standard InChI is InChI=1S/C37H34ClF3N4O5S/c1-24-33(34(38)44(2)43-24)51(48,49)42-21-22-45(32(36(47)50-3)23-25-9-11-27(12-10-25)26-7-5-4-6-8-26)35(46)30-15-13-28(14-16-30)29-17-19-31(20-18-29)37(39,40)41/h4-20,32,42H,21-23H2,1-3H3/t32-/m0/s1. The summed E-state index contributed by atoms with van der Waals surface area (Å²) >= 11 is 6.21. The van der Waals surface area contributed by atoms with Gasteiger partial charge in [0, 0.05) is 32.1 Å². The Bertz CT molecular complexity index is 2110. The molecule has 0 bridgehead atoms. The van der Waals surface area contributed by atoms with Crippen molar-refractivity contribution in [3.8, 4) is 22.3 Å². The third-order valence-electron chi connectivity index (χ3n) is 8.29. The number of amides is 1. The molecule has 1 N–H and O–H groups in total. The first-order valence-corrected chi connectivity index (χ1v) is 17.6. The highest BCUT2D eigenvalue weighted by Gasteiger charge is 2.33. The molecule has 266 valence electrons. The number of carbonyl (C=O) groups is 2. The molecule has 0 saturated heterocycles. The van der Waals surface area contributed by atoms with Gasteiger partial charge in [0.2, 0.25) is 10.0 Å². The van der Waals surface area contributed by atoms with Gasteiger partial charge in [0.15, 0.2) is 0 Å². The Morgan fingerprint density at radius 2 is 1.41 bits per heavy atom. The number of sulfonamides is 1. The van der Waals surface area contributed by atoms with Crippen LogP contribution in [0.2, 0.25) is 5.15 Å². The van der Waals surface area contributed by atoms with Gasteiger partial charge in [0.05, 0.1) is 18.4 Å². The number of hydrogen-bond acceptors (Lipinski definition) is 6. The van der Waals surface area contributed by atoms with E-state index in [1.807, 2.05) is 54.6 Å². The van der Waals surface area contributed by atoms with Gasteiger partial charge < -0.3 is 9.64 Å². The topological polar surface area (TPSA) is 111 Å². The minimum Gasteiger partial charge on any atom is -0.467 e. The van der Waals surface area contributed by atoms with Gasteiger partial charge >= 0.3 is 12.1 Å². The molecule has 1 amide bonds. The maximum Gasteiger partial charge on any atom is 0.416 e. The van der Waals surface area contributed by atoms with Crippen molar-refractivity contribution in [3.05, 3.63) is 131 Å². The highest BCUT2D eigenvalue weighted by molar-refractivity contribution is 7.89. The second-order valence-electron chi connectivity index (χ2n) is 11.7. The highest BCUT2D eigenvalue weighted by Crippen LogP contribution is 2.31. The molecule has 4 aromatic carbocycles. The molecular formula is C37H34ClF3N4O5S. The number of carbonyl (C=O) groups excluding carboxylic acids is 2. The van der Waals surface area contributed by atoms with Crippen molar-refractivity contribution in [3.63, 3.8) is 0 Å². The van der Waals surface area contributed by atoms with Crippen LogP contribution in [0.4, 0.5) is 13.2 Å². The van der Waals surface area contributed by atoms with Crippen LogP contribution in [-0.4, -0.2) is 61.2 Å². The fourth-order valence-corrected chi connectivity index (χ4v) is 7.42. The molecule has 0 unspecified atom stereocenters. The maximum absolute atomic E-state index is 14.2. The molecule has 1 aromatic heterocycles. The smallest absolute Gasteiger partial charge is 0.416 e. The highest BCUT2D eigenvalue weighted by atomic mass is 35.5. The summed E-state index contributed by atoms with van der Waals surface area (Å²) in [7, 11) is -1.46. The minimum atomic E-state index is -4.48. The minimum absolute atomic E-state index is 0.0530. The molecule has 1 atom stereocenters. The normalized spacial score (nSPS) is 12.4. The average molecular weight is 739 g/mol. The van der Waals surface area contributed by atoms with Crippen molar-refractivity contribution in [2.75, 3.05) is 20.2 Å². The molecule has 0 fully saturated rings. The summed E-state index contributed by atoms with van der Waals surface area (Å²) < 4.78 is 74.5. The number of alkyl halides is 3. The number of aryl methyl sites for hydroxylation is 2. The fourth-order valence-electron chi connectivity index (χ4n) is 5.65. The zero-order chi connectivity index (χ0) is 36.9. The number of hydrogen-bond donors (Lipinski definition) is 1. The van der Waals surface area contributed by atoms with Crippen LogP contribution in [0.1, 0.15) is 27.2 Å². The lowest BCUT2D eigenvalue weighted by molar-refractivity contribution is -0.146. The summed E-state index contributed by atoms with van der Waals surface area (Å²) in [5.41, 5.74) is 3.30. The number of halogens is 4. The number of nitrogens with one attached hydrogen (secondary N) is 1. The molecule has 0 aliphatic carbocycles. The molecular weight excluding hydrogens is 705 g/mol. The fraction of sp³-hybridized carbons (Fsp3) is 0.216. The summed E-state index contributed by atoms with van der Waals surface area (Å²) in [6.45, 7) is 0.974. The van der Waals surface area contributed by atoms with E-state index in [-0.39, 0.29) is 40.8 Å². The zero-order valence-corrected chi connectivity index (χ0v) is 29.4. The molecule has 9 nitrogen and oxygen atoms in total. The Morgan fingerprint density at radius 1 is 0.882 bits per heavy atom. The van der Waals surface area contributed by atoms with Gasteiger partial charge in [-0.15, -0.1) is 0 Å². The van der Waals surface area contributed by atoms with Crippen LogP contribution < -0.4 is 4.72 Å². The van der Waals surface area contributed by atoms with E-state index in [4.69, 9.17) is 16.3 Å². The largest absolute Gasteiger partial charge is 0.467 e. The monoisotopic (exact) mass is 738 g/mol. The Labute approximate surface area is 298 Å². The Balaban J connectivity index is 1.44. The number of nitrogens with zero attached hydrogens (tertiary/aromatic N) is 3. The van der Waals surface area contributed by atoms with Crippen LogP contribution >= 0.6 is 11.6 Å². The third-order valence-corrected chi connectivity index (χ3v) is 10.4. The zero-order valence-electron chi connectivity index (χ0n) is 27.8. The van der Waals surface area contributed by atoms with Gasteiger partial charge in [-0.05, 0) is 59.0 Å². The summed E-state index contributed by atoms with van der Waals surface area (Å²) in [5, 5.41) is 3.97. The maximum atomic E-state index is 14.2. The van der Waals surface area contributed by atoms with E-state index >= 15 is 0 Å². The second-order valence-corrected chi connectivity index (χ2v) is 13.7. The molecule has 14 heteroatoms. The lowest BCUT2D eigenvalue weighted by Crippen LogP contribution is -2.49. The van der Waals surface area contributed by atoms with E-state index < -0.39 is 39.7 Å². The molecule has 5 aromatic rings. The summed E-state index contributed by atoms with van der Waals surface area (Å²) in [4.78, 5) is 28.5. The molecule has 0 aliphatic rings. The predicted octanol–water partition coefficient (Wildman–Crippen LogP) is 6.94. The predicted molar refractivity (Wildman–Crippen MR) is 187 cm³/mol. The number of methoxy groups -OCH3 is 1. The van der Waals surface area contributed by atoms with Crippen molar-refractivity contribution in [1.29, 1.82) is 0 Å². The molecule has 0 aliphatic heterocycles. The summed E-state index contributed by atoms with van der Waals surface area (Å²) in [6, 6.07) is 26.8. The molecule has 0 spiro atoms. The summed E-state index contributed by atoms with van der Waals surface area (Å²) in [6.07, 6.45) is -4.42. The van der Waals surface area contributed by atoms with Gasteiger partial charge in [0.1, 0.15) is 16.1 Å². The quantitative estimate of drug-likeness (QED) is 0.139. The van der Waals surface area contributed by atoms with Crippen LogP contribution in [-0.2, 0) is 39.2 Å². The third kappa shape index (κ3) is 8.67. The van der Waals surface area contributed by atoms with E-state index in [1.54, 1.807) is 12.1 Å². The number of rotatable bonds is 12. The van der Waals surface area contributed by atoms with Gasteiger partial charge in [0.25, 0.3) is 5.91 Å². The lowest BCUT2D eigenvalue weighted by Gasteiger charge is -2.30.